The van der Waals surface area contributed by atoms with Gasteiger partial charge in [0.2, 0.25) is 41.7 Å². The Morgan fingerprint density at radius 3 is 1.80 bits per heavy atom. The van der Waals surface area contributed by atoms with Crippen LogP contribution in [0, 0.1) is 0 Å². The fourth-order valence-corrected chi connectivity index (χ4v) is 12.2. The lowest BCUT2D eigenvalue weighted by Gasteiger charge is -2.46. The summed E-state index contributed by atoms with van der Waals surface area (Å²) in [5.74, 6) is -9.89. The van der Waals surface area contributed by atoms with Crippen molar-refractivity contribution in [1.29, 1.82) is 0 Å². The lowest BCUT2D eigenvalue weighted by molar-refractivity contribution is -0.352. The minimum absolute atomic E-state index is 0.0995. The Labute approximate surface area is 569 Å². The van der Waals surface area contributed by atoms with Gasteiger partial charge in [-0.15, -0.1) is 0 Å². The van der Waals surface area contributed by atoms with Gasteiger partial charge in [0.05, 0.1) is 58.0 Å². The lowest BCUT2D eigenvalue weighted by atomic mass is 9.92. The number of ether oxygens (including phenoxy) is 6. The Kier molecular flexibility index (Phi) is 25.7. The van der Waals surface area contributed by atoms with Crippen molar-refractivity contribution in [1.82, 2.24) is 42.1 Å². The number of hydrogen-bond donors (Lipinski definition) is 22. The number of aliphatic imine (C=N–C) groups is 2. The molecule has 100 heavy (non-hydrogen) atoms. The summed E-state index contributed by atoms with van der Waals surface area (Å²) in [6, 6.07) is 9.12. The van der Waals surface area contributed by atoms with E-state index in [2.05, 4.69) is 47.2 Å². The van der Waals surface area contributed by atoms with Crippen LogP contribution in [0.2, 0.25) is 0 Å². The smallest absolute Gasteiger partial charge is 0.310 e. The van der Waals surface area contributed by atoms with E-state index in [1.807, 2.05) is 0 Å². The number of esters is 1. The highest BCUT2D eigenvalue weighted by atomic mass is 16.7. The van der Waals surface area contributed by atoms with Gasteiger partial charge in [-0.25, -0.2) is 0 Å². The number of nitrogens with one attached hydrogen (secondary N) is 7. The summed E-state index contributed by atoms with van der Waals surface area (Å²) in [6.45, 7) is -3.85. The molecular weight excluding hydrogens is 1330 g/mol. The summed E-state index contributed by atoms with van der Waals surface area (Å²) in [6.07, 6.45) is -32.6. The normalized spacial score (nSPS) is 35.1. The number of carbonyl (C=O) groups excluding carboxylic acids is 7. The molecule has 4 fully saturated rings. The number of benzene rings is 3. The predicted octanol–water partition coefficient (Wildman–Crippen LogP) is -11.8. The Hall–Kier alpha value is -8.39. The first-order valence-corrected chi connectivity index (χ1v) is 31.9. The maximum absolute atomic E-state index is 15.2. The van der Waals surface area contributed by atoms with Gasteiger partial charge in [-0.05, 0) is 28.8 Å². The van der Waals surface area contributed by atoms with Crippen LogP contribution in [0.15, 0.2) is 94.9 Å². The third kappa shape index (κ3) is 17.7. The zero-order valence-electron chi connectivity index (χ0n) is 53.5. The highest BCUT2D eigenvalue weighted by Gasteiger charge is 2.54. The number of nitrogens with zero attached hydrogens (tertiary/aromatic N) is 3. The van der Waals surface area contributed by atoms with E-state index in [4.69, 9.17) is 39.9 Å². The third-order valence-corrected chi connectivity index (χ3v) is 17.9. The summed E-state index contributed by atoms with van der Waals surface area (Å²) >= 11 is 0. The van der Waals surface area contributed by atoms with Crippen LogP contribution in [0.4, 0.5) is 0 Å². The Morgan fingerprint density at radius 1 is 0.580 bits per heavy atom. The molecule has 0 bridgehead atoms. The molecule has 25 atom stereocenters. The second-order valence-corrected chi connectivity index (χ2v) is 24.7. The average Bonchev–Trinajstić information content (AvgIpc) is 1.40. The molecule has 38 heteroatoms. The van der Waals surface area contributed by atoms with Crippen LogP contribution in [0.25, 0.3) is 0 Å². The summed E-state index contributed by atoms with van der Waals surface area (Å²) in [7, 11) is 0. The molecule has 0 aromatic heterocycles. The van der Waals surface area contributed by atoms with Gasteiger partial charge in [0, 0.05) is 12.3 Å². The number of nitrogens with two attached hydrogens (primary N) is 2. The van der Waals surface area contributed by atoms with Gasteiger partial charge < -0.3 is 148 Å². The van der Waals surface area contributed by atoms with E-state index in [1.165, 1.54) is 24.3 Å². The van der Waals surface area contributed by atoms with Gasteiger partial charge in [0.15, 0.2) is 24.4 Å². The van der Waals surface area contributed by atoms with Crippen LogP contribution < -0.4 is 53.4 Å². The van der Waals surface area contributed by atoms with E-state index in [1.54, 1.807) is 67.6 Å². The van der Waals surface area contributed by atoms with Gasteiger partial charge in [-0.1, -0.05) is 79.7 Å². The summed E-state index contributed by atoms with van der Waals surface area (Å²) in [5.41, 5.74) is 13.4. The molecule has 9 rings (SSSR count). The number of carbonyl (C=O) groups is 7. The Morgan fingerprint density at radius 2 is 1.16 bits per heavy atom. The van der Waals surface area contributed by atoms with Gasteiger partial charge in [0.1, 0.15) is 128 Å². The fourth-order valence-electron chi connectivity index (χ4n) is 12.2. The van der Waals surface area contributed by atoms with Crippen molar-refractivity contribution in [2.24, 2.45) is 21.5 Å². The summed E-state index contributed by atoms with van der Waals surface area (Å²) in [5, 5.41) is 159. The quantitative estimate of drug-likeness (QED) is 0.0467. The van der Waals surface area contributed by atoms with Crippen LogP contribution >= 0.6 is 0 Å². The molecule has 38 nitrogen and oxygen atoms in total. The monoisotopic (exact) mass is 1410 g/mol. The van der Waals surface area contributed by atoms with Crippen molar-refractivity contribution in [2.75, 3.05) is 46.1 Å². The van der Waals surface area contributed by atoms with Crippen molar-refractivity contribution in [3.8, 4) is 5.75 Å². The molecular formula is C62H84N12O26. The van der Waals surface area contributed by atoms with Crippen LogP contribution in [0.3, 0.4) is 0 Å². The van der Waals surface area contributed by atoms with E-state index in [9.17, 15) is 90.4 Å². The molecule has 0 aliphatic carbocycles. The minimum Gasteiger partial charge on any atom is -0.463 e. The first-order valence-electron chi connectivity index (χ1n) is 31.9. The highest BCUT2D eigenvalue weighted by molar-refractivity contribution is 5.98. The SMILES string of the molecule is CC(c1ccccc1)[C@@H]1NC(=O)CNC(=O)[C@H](CO)NC(=O)[C@@H](C(O)C2CN=C(N)N2[C@H]2O[C@H](CO)[C@@H](O)[C@H](O)[C@@H]2O)NC(=O)[C@H](C(O)C2CN=C(N)N2)NC(=O)[C@@H](Cc2ccc(O[C@H]3O[C@H](COC(=O)Cc4ccccc4)[C@@H](O[C@H]4O[C@H](CO)[C@@H](O)[C@H](O)[C@@H]4O)[C@H](O)[C@@H]3O)cc2)NC1=O. The molecule has 6 amide bonds. The Bertz CT molecular complexity index is 3370. The molecule has 5 unspecified atom stereocenters. The number of guanidine groups is 2. The summed E-state index contributed by atoms with van der Waals surface area (Å²) < 4.78 is 34.7. The predicted molar refractivity (Wildman–Crippen MR) is 337 cm³/mol. The van der Waals surface area contributed by atoms with Crippen molar-refractivity contribution in [2.45, 2.75) is 172 Å². The number of aliphatic hydroxyl groups is 13. The van der Waals surface area contributed by atoms with E-state index in [-0.39, 0.29) is 30.2 Å². The molecule has 0 spiro atoms. The molecule has 24 N–H and O–H groups in total. The first-order chi connectivity index (χ1) is 47.7. The van der Waals surface area contributed by atoms with E-state index < -0.39 is 246 Å². The van der Waals surface area contributed by atoms with Crippen LogP contribution in [-0.4, -0.2) is 317 Å². The van der Waals surface area contributed by atoms with Gasteiger partial charge in [-0.3, -0.25) is 43.5 Å². The average molecular weight is 1410 g/mol. The fraction of sp³-hybridized carbons (Fsp3) is 0.565. The van der Waals surface area contributed by atoms with Crippen LogP contribution in [0.1, 0.15) is 29.5 Å². The van der Waals surface area contributed by atoms with Crippen molar-refractivity contribution >= 4 is 53.3 Å². The number of aliphatic hydroxyl groups excluding tert-OH is 13. The molecule has 3 aromatic carbocycles. The Balaban J connectivity index is 1.02. The van der Waals surface area contributed by atoms with Crippen molar-refractivity contribution in [3.05, 3.63) is 102 Å². The first kappa shape index (κ1) is 75.8. The number of rotatable bonds is 20. The molecule has 0 saturated carbocycles. The number of amides is 6. The third-order valence-electron chi connectivity index (χ3n) is 17.9. The molecule has 0 radical (unpaired) electrons. The molecule has 6 heterocycles. The molecule has 6 aliphatic heterocycles. The van der Waals surface area contributed by atoms with Crippen molar-refractivity contribution < 1.29 is 128 Å². The second-order valence-electron chi connectivity index (χ2n) is 24.7. The van der Waals surface area contributed by atoms with Crippen molar-refractivity contribution in [3.63, 3.8) is 0 Å². The van der Waals surface area contributed by atoms with Crippen LogP contribution in [0.5, 0.6) is 5.75 Å². The zero-order chi connectivity index (χ0) is 72.4. The lowest BCUT2D eigenvalue weighted by Crippen LogP contribution is -2.70. The summed E-state index contributed by atoms with van der Waals surface area (Å²) in [4.78, 5) is 110. The molecule has 548 valence electrons. The topological polar surface area (TPSA) is 602 Å². The van der Waals surface area contributed by atoms with Gasteiger partial charge in [-0.2, -0.15) is 0 Å². The highest BCUT2D eigenvalue weighted by Crippen LogP contribution is 2.33. The van der Waals surface area contributed by atoms with E-state index in [0.717, 1.165) is 4.90 Å². The zero-order valence-corrected chi connectivity index (χ0v) is 53.5. The molecule has 3 aromatic rings. The van der Waals surface area contributed by atoms with E-state index in [0.29, 0.717) is 11.1 Å². The van der Waals surface area contributed by atoms with Gasteiger partial charge >= 0.3 is 5.97 Å². The maximum Gasteiger partial charge on any atom is 0.310 e. The number of hydrogen-bond acceptors (Lipinski definition) is 32. The van der Waals surface area contributed by atoms with Crippen LogP contribution in [-0.2, 0) is 70.1 Å². The molecule has 6 aliphatic rings. The standard InChI is InChI=1S/C62H84N12O26/c1-25(28-10-6-3-7-11-28)39-55(92)68-30(16-27-12-14-29(15-13-27)96-59-51(89)48(86)52(100-60-50(88)47(85)45(83)35(23-77)98-60)36(99-59)24-95-38(79)17-26-8-4-2-5-9-26)54(91)72-40(42(80)31-18-66-61(63)70-31)57(94)73-41(56(93)69-32(21-75)53(90)65-20-37(78)71-39)43(81)33-19-67-62(64)74(33)58-49(87)46(84)44(82)34(22-76)97-58/h2-15,25,30-36,39-52,58-60,75-77,80-89H,16-24H2,1H3,(H2,64,67)(H,65,90)(H,68,92)(H,69,93)(H,71,78)(H,72,91)(H,73,94)(H3,63,66,70)/t25?,30-,31?,32+,33?,34-,35-,36-,39+,40+,41-,42?,43?,44-,45-,46+,47+,48-,49+,50+,51+,52-,58+,59+,60-/m1/s1. The minimum atomic E-state index is -2.36. The van der Waals surface area contributed by atoms with E-state index >= 15 is 9.59 Å². The maximum atomic E-state index is 15.2. The van der Waals surface area contributed by atoms with Gasteiger partial charge in [0.25, 0.3) is 0 Å². The largest absolute Gasteiger partial charge is 0.463 e. The second kappa shape index (κ2) is 33.9. The molecule has 4 saturated heterocycles.